The number of benzene rings is 3. The fourth-order valence-electron chi connectivity index (χ4n) is 3.20. The number of carbonyl (C=O) groups excluding carboxylic acids is 1. The summed E-state index contributed by atoms with van der Waals surface area (Å²) in [5.41, 5.74) is 6.84. The molecule has 0 spiro atoms. The predicted molar refractivity (Wildman–Crippen MR) is 118 cm³/mol. The van der Waals surface area contributed by atoms with Gasteiger partial charge in [-0.2, -0.15) is 0 Å². The van der Waals surface area contributed by atoms with E-state index in [0.717, 1.165) is 17.7 Å². The van der Waals surface area contributed by atoms with Gasteiger partial charge in [-0.05, 0) is 35.7 Å². The summed E-state index contributed by atoms with van der Waals surface area (Å²) < 4.78 is 34.5. The Morgan fingerprint density at radius 1 is 0.969 bits per heavy atom. The van der Waals surface area contributed by atoms with Gasteiger partial charge in [-0.3, -0.25) is 4.79 Å². The molecule has 0 aliphatic rings. The Kier molecular flexibility index (Phi) is 7.75. The van der Waals surface area contributed by atoms with E-state index in [-0.39, 0.29) is 48.9 Å². The Labute approximate surface area is 184 Å². The normalized spacial score (nSPS) is 10.9. The smallest absolute Gasteiger partial charge is 0.254 e. The van der Waals surface area contributed by atoms with Gasteiger partial charge < -0.3 is 26.0 Å². The topological polar surface area (TPSA) is 105 Å². The lowest BCUT2D eigenvalue weighted by Crippen LogP contribution is -2.18. The lowest BCUT2D eigenvalue weighted by molar-refractivity contribution is 0.0993. The number of nitrogens with two attached hydrogens (primary N) is 1. The highest BCUT2D eigenvalue weighted by Gasteiger charge is 2.19. The van der Waals surface area contributed by atoms with E-state index in [0.29, 0.717) is 5.56 Å². The molecule has 0 bridgehead atoms. The quantitative estimate of drug-likeness (QED) is 0.382. The van der Waals surface area contributed by atoms with Crippen LogP contribution < -0.4 is 15.8 Å². The predicted octanol–water partition coefficient (Wildman–Crippen LogP) is 3.84. The van der Waals surface area contributed by atoms with E-state index < -0.39 is 23.5 Å². The zero-order valence-electron chi connectivity index (χ0n) is 17.2. The number of hydrogen-bond donors (Lipinski definition) is 4. The molecule has 32 heavy (non-hydrogen) atoms. The first-order valence-electron chi connectivity index (χ1n) is 10.0. The van der Waals surface area contributed by atoms with Crippen molar-refractivity contribution in [2.45, 2.75) is 6.42 Å². The molecule has 6 nitrogen and oxygen atoms in total. The number of aliphatic hydroxyl groups excluding tert-OH is 2. The molecular weight excluding hydrogens is 418 g/mol. The average Bonchev–Trinajstić information content (AvgIpc) is 2.78. The molecule has 1 amide bonds. The molecular formula is C24H24F2N2O4. The second-order valence-corrected chi connectivity index (χ2v) is 7.24. The maximum absolute atomic E-state index is 14.8. The van der Waals surface area contributed by atoms with Crippen molar-refractivity contribution in [3.05, 3.63) is 77.9 Å². The van der Waals surface area contributed by atoms with Crippen molar-refractivity contribution in [2.75, 3.05) is 25.1 Å². The molecule has 8 heteroatoms. The van der Waals surface area contributed by atoms with Crippen molar-refractivity contribution >= 4 is 17.3 Å². The number of aliphatic hydroxyl groups is 2. The molecule has 0 aromatic heterocycles. The molecule has 3 aromatic rings. The van der Waals surface area contributed by atoms with Crippen molar-refractivity contribution in [1.82, 2.24) is 0 Å². The van der Waals surface area contributed by atoms with Crippen molar-refractivity contribution in [3.63, 3.8) is 0 Å². The molecule has 0 fully saturated rings. The SMILES string of the molecule is NC(=O)c1c(Nc2ccc(-c3ccccc3)cc2F)cc(F)cc1OCCC(CO)CO. The summed E-state index contributed by atoms with van der Waals surface area (Å²) in [6.07, 6.45) is 0.278. The number of rotatable bonds is 10. The van der Waals surface area contributed by atoms with E-state index >= 15 is 0 Å². The lowest BCUT2D eigenvalue weighted by Gasteiger charge is -2.17. The van der Waals surface area contributed by atoms with Crippen LogP contribution in [0.1, 0.15) is 16.8 Å². The van der Waals surface area contributed by atoms with Gasteiger partial charge in [0.15, 0.2) is 0 Å². The third-order valence-electron chi connectivity index (χ3n) is 4.96. The van der Waals surface area contributed by atoms with Crippen molar-refractivity contribution in [2.24, 2.45) is 11.7 Å². The molecule has 0 heterocycles. The Morgan fingerprint density at radius 3 is 2.31 bits per heavy atom. The van der Waals surface area contributed by atoms with Gasteiger partial charge >= 0.3 is 0 Å². The van der Waals surface area contributed by atoms with Gasteiger partial charge in [0, 0.05) is 25.2 Å². The molecule has 5 N–H and O–H groups in total. The average molecular weight is 442 g/mol. The monoisotopic (exact) mass is 442 g/mol. The summed E-state index contributed by atoms with van der Waals surface area (Å²) in [4.78, 5) is 12.1. The van der Waals surface area contributed by atoms with E-state index in [1.165, 1.54) is 12.1 Å². The van der Waals surface area contributed by atoms with E-state index in [1.807, 2.05) is 30.3 Å². The van der Waals surface area contributed by atoms with Crippen LogP contribution in [-0.4, -0.2) is 35.9 Å². The summed E-state index contributed by atoms with van der Waals surface area (Å²) in [6, 6.07) is 15.8. The van der Waals surface area contributed by atoms with Gasteiger partial charge in [-0.15, -0.1) is 0 Å². The molecule has 0 saturated carbocycles. The van der Waals surface area contributed by atoms with E-state index in [9.17, 15) is 13.6 Å². The van der Waals surface area contributed by atoms with Crippen LogP contribution in [0.25, 0.3) is 11.1 Å². The number of carbonyl (C=O) groups is 1. The maximum Gasteiger partial charge on any atom is 0.254 e. The largest absolute Gasteiger partial charge is 0.493 e. The minimum atomic E-state index is -0.885. The van der Waals surface area contributed by atoms with Crippen LogP contribution in [-0.2, 0) is 0 Å². The number of hydrogen-bond acceptors (Lipinski definition) is 5. The second kappa shape index (κ2) is 10.7. The molecule has 0 atom stereocenters. The van der Waals surface area contributed by atoms with Crippen LogP contribution in [0, 0.1) is 17.6 Å². The number of primary amides is 1. The van der Waals surface area contributed by atoms with Crippen LogP contribution >= 0.6 is 0 Å². The number of amides is 1. The van der Waals surface area contributed by atoms with Crippen LogP contribution in [0.3, 0.4) is 0 Å². The third-order valence-corrected chi connectivity index (χ3v) is 4.96. The highest BCUT2D eigenvalue weighted by atomic mass is 19.1. The number of nitrogens with one attached hydrogen (secondary N) is 1. The summed E-state index contributed by atoms with van der Waals surface area (Å²) >= 11 is 0. The molecule has 0 aliphatic heterocycles. The minimum Gasteiger partial charge on any atom is -0.493 e. The molecule has 0 unspecified atom stereocenters. The minimum absolute atomic E-state index is 0.00902. The second-order valence-electron chi connectivity index (χ2n) is 7.24. The molecule has 0 aliphatic carbocycles. The lowest BCUT2D eigenvalue weighted by atomic mass is 10.0. The fraction of sp³-hybridized carbons (Fsp3) is 0.208. The van der Waals surface area contributed by atoms with Crippen LogP contribution in [0.15, 0.2) is 60.7 Å². The van der Waals surface area contributed by atoms with Crippen molar-refractivity contribution in [3.8, 4) is 16.9 Å². The van der Waals surface area contributed by atoms with Gasteiger partial charge in [-0.1, -0.05) is 36.4 Å². The van der Waals surface area contributed by atoms with Gasteiger partial charge in [0.2, 0.25) is 0 Å². The van der Waals surface area contributed by atoms with Gasteiger partial charge in [-0.25, -0.2) is 8.78 Å². The summed E-state index contributed by atoms with van der Waals surface area (Å²) in [5.74, 6) is -2.71. The molecule has 3 rings (SSSR count). The highest BCUT2D eigenvalue weighted by Crippen LogP contribution is 2.32. The van der Waals surface area contributed by atoms with E-state index in [2.05, 4.69) is 5.32 Å². The molecule has 0 saturated heterocycles. The van der Waals surface area contributed by atoms with Gasteiger partial charge in [0.1, 0.15) is 22.9 Å². The van der Waals surface area contributed by atoms with Crippen LogP contribution in [0.4, 0.5) is 20.2 Å². The maximum atomic E-state index is 14.8. The van der Waals surface area contributed by atoms with Crippen molar-refractivity contribution < 1.29 is 28.5 Å². The summed E-state index contributed by atoms with van der Waals surface area (Å²) in [5, 5.41) is 21.0. The number of anilines is 2. The first-order chi connectivity index (χ1) is 15.4. The molecule has 0 radical (unpaired) electrons. The first kappa shape index (κ1) is 23.2. The summed E-state index contributed by atoms with van der Waals surface area (Å²) in [7, 11) is 0. The Morgan fingerprint density at radius 2 is 1.69 bits per heavy atom. The van der Waals surface area contributed by atoms with E-state index in [1.54, 1.807) is 6.07 Å². The molecule has 3 aromatic carbocycles. The number of ether oxygens (including phenoxy) is 1. The van der Waals surface area contributed by atoms with Crippen LogP contribution in [0.2, 0.25) is 0 Å². The first-order valence-corrected chi connectivity index (χ1v) is 10.0. The number of halogens is 2. The van der Waals surface area contributed by atoms with Crippen molar-refractivity contribution in [1.29, 1.82) is 0 Å². The zero-order chi connectivity index (χ0) is 23.1. The third kappa shape index (κ3) is 5.60. The molecule has 168 valence electrons. The Balaban J connectivity index is 1.87. The standard InChI is InChI=1S/C24H24F2N2O4/c25-18-11-21(23(24(27)31)22(12-18)32-9-8-15(13-29)14-30)28-20-7-6-17(10-19(20)26)16-4-2-1-3-5-16/h1-7,10-12,15,28-30H,8-9,13-14H2,(H2,27,31). The van der Waals surface area contributed by atoms with Crippen LogP contribution in [0.5, 0.6) is 5.75 Å². The Bertz CT molecular complexity index is 1070. The highest BCUT2D eigenvalue weighted by molar-refractivity contribution is 6.02. The van der Waals surface area contributed by atoms with Gasteiger partial charge in [0.25, 0.3) is 5.91 Å². The zero-order valence-corrected chi connectivity index (χ0v) is 17.2. The Hall–Kier alpha value is -3.49. The summed E-state index contributed by atoms with van der Waals surface area (Å²) in [6.45, 7) is -0.470. The fourth-order valence-corrected chi connectivity index (χ4v) is 3.20. The van der Waals surface area contributed by atoms with E-state index in [4.69, 9.17) is 20.7 Å². The van der Waals surface area contributed by atoms with Gasteiger partial charge in [0.05, 0.1) is 18.0 Å².